The first-order valence-corrected chi connectivity index (χ1v) is 10.4. The van der Waals surface area contributed by atoms with Crippen LogP contribution in [0.25, 0.3) is 10.9 Å². The van der Waals surface area contributed by atoms with Crippen LogP contribution in [0.4, 0.5) is 11.4 Å². The van der Waals surface area contributed by atoms with E-state index in [0.717, 1.165) is 22.2 Å². The largest absolute Gasteiger partial charge is 0.396 e. The zero-order valence-corrected chi connectivity index (χ0v) is 17.1. The molecular formula is C21H25N3O3S. The summed E-state index contributed by atoms with van der Waals surface area (Å²) in [6.45, 7) is 6.29. The quantitative estimate of drug-likeness (QED) is 0.584. The topological polar surface area (TPSA) is 94.3 Å². The lowest BCUT2D eigenvalue weighted by Gasteiger charge is -2.26. The number of pyridine rings is 1. The third kappa shape index (κ3) is 4.61. The second kappa shape index (κ2) is 7.77. The van der Waals surface area contributed by atoms with Gasteiger partial charge in [0.25, 0.3) is 10.1 Å². The van der Waals surface area contributed by atoms with Crippen LogP contribution in [0.5, 0.6) is 0 Å². The normalized spacial score (nSPS) is 12.2. The van der Waals surface area contributed by atoms with Crippen molar-refractivity contribution in [2.24, 2.45) is 5.41 Å². The molecule has 28 heavy (non-hydrogen) atoms. The van der Waals surface area contributed by atoms with Crippen molar-refractivity contribution in [2.75, 3.05) is 24.2 Å². The van der Waals surface area contributed by atoms with E-state index in [-0.39, 0.29) is 11.5 Å². The van der Waals surface area contributed by atoms with E-state index >= 15 is 0 Å². The van der Waals surface area contributed by atoms with E-state index < -0.39 is 15.5 Å². The predicted molar refractivity (Wildman–Crippen MR) is 113 cm³/mol. The molecule has 6 nitrogen and oxygen atoms in total. The molecule has 0 bridgehead atoms. The van der Waals surface area contributed by atoms with Crippen LogP contribution in [0, 0.1) is 12.3 Å². The van der Waals surface area contributed by atoms with Crippen LogP contribution in [0.1, 0.15) is 19.4 Å². The molecule has 3 N–H and O–H groups in total. The molecule has 3 aromatic rings. The molecule has 0 amide bonds. The molecule has 1 heterocycles. The molecule has 0 saturated heterocycles. The van der Waals surface area contributed by atoms with E-state index in [2.05, 4.69) is 10.3 Å². The standard InChI is InChI=1S/C21H25N3O3S/c1-15-8-10-16(11-9-15)28(25,26)27-14-21(2,3)13-24-20-17-6-4-5-7-19(17)23-12-18(20)22/h4-12H,13-14,22H2,1-3H3,(H,23,24). The summed E-state index contributed by atoms with van der Waals surface area (Å²) in [4.78, 5) is 4.48. The van der Waals surface area contributed by atoms with E-state index in [9.17, 15) is 8.42 Å². The molecule has 148 valence electrons. The molecule has 0 radical (unpaired) electrons. The van der Waals surface area contributed by atoms with Crippen LogP contribution in [0.3, 0.4) is 0 Å². The number of hydrogen-bond donors (Lipinski definition) is 2. The van der Waals surface area contributed by atoms with E-state index in [1.54, 1.807) is 30.5 Å². The summed E-state index contributed by atoms with van der Waals surface area (Å²) in [6.07, 6.45) is 1.62. The number of rotatable bonds is 7. The monoisotopic (exact) mass is 399 g/mol. The number of benzene rings is 2. The number of nitrogens with two attached hydrogens (primary N) is 1. The summed E-state index contributed by atoms with van der Waals surface area (Å²) in [5.74, 6) is 0. The number of fused-ring (bicyclic) bond motifs is 1. The number of aryl methyl sites for hydroxylation is 1. The first-order chi connectivity index (χ1) is 13.2. The highest BCUT2D eigenvalue weighted by atomic mass is 32.2. The van der Waals surface area contributed by atoms with Gasteiger partial charge in [0.05, 0.1) is 34.6 Å². The number of aromatic nitrogens is 1. The van der Waals surface area contributed by atoms with Crippen LogP contribution < -0.4 is 11.1 Å². The Morgan fingerprint density at radius 3 is 2.50 bits per heavy atom. The van der Waals surface area contributed by atoms with Gasteiger partial charge in [-0.25, -0.2) is 0 Å². The van der Waals surface area contributed by atoms with E-state index in [4.69, 9.17) is 9.92 Å². The smallest absolute Gasteiger partial charge is 0.296 e. The summed E-state index contributed by atoms with van der Waals surface area (Å²) < 4.78 is 30.2. The maximum absolute atomic E-state index is 12.4. The Morgan fingerprint density at radius 1 is 1.11 bits per heavy atom. The van der Waals surface area contributed by atoms with Gasteiger partial charge in [0.15, 0.2) is 0 Å². The van der Waals surface area contributed by atoms with Crippen molar-refractivity contribution in [2.45, 2.75) is 25.7 Å². The number of nitrogens with zero attached hydrogens (tertiary/aromatic N) is 1. The lowest BCUT2D eigenvalue weighted by atomic mass is 9.95. The number of hydrogen-bond acceptors (Lipinski definition) is 6. The van der Waals surface area contributed by atoms with E-state index in [0.29, 0.717) is 12.2 Å². The molecule has 0 fully saturated rings. The van der Waals surface area contributed by atoms with Crippen LogP contribution in [-0.2, 0) is 14.3 Å². The van der Waals surface area contributed by atoms with Gasteiger partial charge in [0.1, 0.15) is 0 Å². The van der Waals surface area contributed by atoms with Gasteiger partial charge in [-0.2, -0.15) is 8.42 Å². The Hall–Kier alpha value is -2.64. The van der Waals surface area contributed by atoms with Gasteiger partial charge in [0, 0.05) is 17.3 Å². The Labute approximate surface area is 165 Å². The van der Waals surface area contributed by atoms with Gasteiger partial charge < -0.3 is 11.1 Å². The summed E-state index contributed by atoms with van der Waals surface area (Å²) in [7, 11) is -3.80. The molecule has 2 aromatic carbocycles. The average molecular weight is 400 g/mol. The molecule has 0 spiro atoms. The second-order valence-electron chi connectivity index (χ2n) is 7.65. The molecule has 0 atom stereocenters. The number of nitrogens with one attached hydrogen (secondary N) is 1. The van der Waals surface area contributed by atoms with Gasteiger partial charge >= 0.3 is 0 Å². The highest BCUT2D eigenvalue weighted by Gasteiger charge is 2.24. The Bertz CT molecular complexity index is 1080. The molecule has 0 saturated carbocycles. The van der Waals surface area contributed by atoms with Crippen LogP contribution in [0.15, 0.2) is 59.6 Å². The van der Waals surface area contributed by atoms with Gasteiger partial charge in [-0.1, -0.05) is 49.7 Å². The van der Waals surface area contributed by atoms with Gasteiger partial charge in [-0.15, -0.1) is 0 Å². The molecule has 1 aromatic heterocycles. The summed E-state index contributed by atoms with van der Waals surface area (Å²) in [5.41, 5.74) is 8.82. The summed E-state index contributed by atoms with van der Waals surface area (Å²) >= 11 is 0. The fourth-order valence-corrected chi connectivity index (χ4v) is 3.82. The first kappa shape index (κ1) is 20.1. The molecular weight excluding hydrogens is 374 g/mol. The molecule has 0 unspecified atom stereocenters. The van der Waals surface area contributed by atoms with Crippen molar-refractivity contribution in [3.8, 4) is 0 Å². The minimum atomic E-state index is -3.80. The van der Waals surface area contributed by atoms with Gasteiger partial charge in [0.2, 0.25) is 0 Å². The first-order valence-electron chi connectivity index (χ1n) is 9.01. The van der Waals surface area contributed by atoms with Crippen molar-refractivity contribution in [3.63, 3.8) is 0 Å². The summed E-state index contributed by atoms with van der Waals surface area (Å²) in [5, 5.41) is 4.26. The zero-order chi connectivity index (χ0) is 20.4. The number of para-hydroxylation sites is 1. The SMILES string of the molecule is Cc1ccc(S(=O)(=O)OCC(C)(C)CNc2c(N)cnc3ccccc23)cc1. The van der Waals surface area contributed by atoms with E-state index in [1.165, 1.54) is 0 Å². The highest BCUT2D eigenvalue weighted by Crippen LogP contribution is 2.29. The molecule has 7 heteroatoms. The minimum Gasteiger partial charge on any atom is -0.396 e. The van der Waals surface area contributed by atoms with Crippen molar-refractivity contribution < 1.29 is 12.6 Å². The third-order valence-electron chi connectivity index (χ3n) is 4.46. The Morgan fingerprint density at radius 2 is 1.79 bits per heavy atom. The minimum absolute atomic E-state index is 0.0408. The van der Waals surface area contributed by atoms with Gasteiger partial charge in [-0.3, -0.25) is 9.17 Å². The Balaban J connectivity index is 1.69. The lowest BCUT2D eigenvalue weighted by molar-refractivity contribution is 0.197. The summed E-state index contributed by atoms with van der Waals surface area (Å²) in [6, 6.07) is 14.3. The van der Waals surface area contributed by atoms with Crippen molar-refractivity contribution in [3.05, 3.63) is 60.3 Å². The lowest BCUT2D eigenvalue weighted by Crippen LogP contribution is -2.30. The van der Waals surface area contributed by atoms with Crippen molar-refractivity contribution in [1.82, 2.24) is 4.98 Å². The maximum Gasteiger partial charge on any atom is 0.296 e. The highest BCUT2D eigenvalue weighted by molar-refractivity contribution is 7.86. The van der Waals surface area contributed by atoms with Crippen molar-refractivity contribution in [1.29, 1.82) is 0 Å². The van der Waals surface area contributed by atoms with Crippen LogP contribution in [-0.4, -0.2) is 26.6 Å². The molecule has 0 aliphatic rings. The molecule has 0 aliphatic heterocycles. The Kier molecular flexibility index (Phi) is 5.58. The van der Waals surface area contributed by atoms with Gasteiger partial charge in [-0.05, 0) is 25.1 Å². The average Bonchev–Trinajstić information content (AvgIpc) is 2.66. The second-order valence-corrected chi connectivity index (χ2v) is 9.27. The fraction of sp³-hybridized carbons (Fsp3) is 0.286. The molecule has 3 rings (SSSR count). The van der Waals surface area contributed by atoms with Crippen LogP contribution >= 0.6 is 0 Å². The number of nitrogen functional groups attached to an aromatic ring is 1. The maximum atomic E-state index is 12.4. The predicted octanol–water partition coefficient (Wildman–Crippen LogP) is 3.97. The fourth-order valence-electron chi connectivity index (χ4n) is 2.74. The van der Waals surface area contributed by atoms with E-state index in [1.807, 2.05) is 45.0 Å². The number of anilines is 2. The van der Waals surface area contributed by atoms with Crippen LogP contribution in [0.2, 0.25) is 0 Å². The molecule has 0 aliphatic carbocycles. The zero-order valence-electron chi connectivity index (χ0n) is 16.3. The third-order valence-corrected chi connectivity index (χ3v) is 5.74. The van der Waals surface area contributed by atoms with Crippen molar-refractivity contribution >= 4 is 32.4 Å².